The van der Waals surface area contributed by atoms with Crippen molar-refractivity contribution in [1.29, 1.82) is 0 Å². The maximum Gasteiger partial charge on any atom is 0.215 e. The highest BCUT2D eigenvalue weighted by molar-refractivity contribution is 5.71. The van der Waals surface area contributed by atoms with Crippen molar-refractivity contribution in [3.63, 3.8) is 0 Å². The Balaban J connectivity index is 1.72. The molecule has 0 spiro atoms. The number of piperazine rings is 1. The fourth-order valence-corrected chi connectivity index (χ4v) is 2.85. The number of hydrogen-bond acceptors (Lipinski definition) is 6. The third-order valence-corrected chi connectivity index (χ3v) is 4.49. The fraction of sp³-hybridized carbons (Fsp3) is 0.750. The lowest BCUT2D eigenvalue weighted by Gasteiger charge is -2.37. The molecule has 2 rings (SSSR count). The number of aliphatic imine (C=N–C) groups is 2. The Morgan fingerprint density at radius 3 is 2.62 bits per heavy atom. The quantitative estimate of drug-likeness (QED) is 0.405. The summed E-state index contributed by atoms with van der Waals surface area (Å²) in [5.74, 6) is 0.687. The van der Waals surface area contributed by atoms with Gasteiger partial charge < -0.3 is 24.4 Å². The fourth-order valence-electron chi connectivity index (χ4n) is 2.85. The van der Waals surface area contributed by atoms with Crippen molar-refractivity contribution < 1.29 is 14.6 Å². The Morgan fingerprint density at radius 2 is 2.00 bits per heavy atom. The summed E-state index contributed by atoms with van der Waals surface area (Å²) in [7, 11) is 3.53. The molecule has 0 radical (unpaired) electrons. The highest BCUT2D eigenvalue weighted by Crippen LogP contribution is 2.12. The minimum absolute atomic E-state index is 0.486. The Hall–Kier alpha value is -1.48. The molecule has 0 aromatic heterocycles. The van der Waals surface area contributed by atoms with Crippen LogP contribution in [0.5, 0.6) is 0 Å². The van der Waals surface area contributed by atoms with Crippen LogP contribution in [-0.4, -0.2) is 98.5 Å². The highest BCUT2D eigenvalue weighted by atomic mass is 16.6. The maximum absolute atomic E-state index is 9.64. The van der Waals surface area contributed by atoms with Crippen LogP contribution in [0.2, 0.25) is 0 Å². The van der Waals surface area contributed by atoms with Crippen molar-refractivity contribution in [3.05, 3.63) is 12.4 Å². The summed E-state index contributed by atoms with van der Waals surface area (Å²) in [5, 5.41) is 9.64. The van der Waals surface area contributed by atoms with E-state index >= 15 is 0 Å². The second-order valence-electron chi connectivity index (χ2n) is 6.02. The summed E-state index contributed by atoms with van der Waals surface area (Å²) in [6.07, 6.45) is 4.57. The van der Waals surface area contributed by atoms with E-state index in [1.54, 1.807) is 6.34 Å². The van der Waals surface area contributed by atoms with E-state index in [2.05, 4.69) is 26.4 Å². The molecule has 0 bridgehead atoms. The number of methoxy groups -OCH3 is 1. The smallest absolute Gasteiger partial charge is 0.215 e. The van der Waals surface area contributed by atoms with E-state index in [4.69, 9.17) is 9.47 Å². The first-order valence-electron chi connectivity index (χ1n) is 8.36. The van der Waals surface area contributed by atoms with Crippen LogP contribution < -0.4 is 0 Å². The lowest BCUT2D eigenvalue weighted by molar-refractivity contribution is -0.183. The molecule has 0 aliphatic carbocycles. The Morgan fingerprint density at radius 1 is 1.33 bits per heavy atom. The van der Waals surface area contributed by atoms with Gasteiger partial charge in [0.15, 0.2) is 0 Å². The predicted octanol–water partition coefficient (Wildman–Crippen LogP) is 0.165. The van der Waals surface area contributed by atoms with Crippen LogP contribution >= 0.6 is 0 Å². The Bertz CT molecular complexity index is 443. The first kappa shape index (κ1) is 18.9. The van der Waals surface area contributed by atoms with Gasteiger partial charge in [-0.25, -0.2) is 9.98 Å². The number of aliphatic hydroxyl groups is 1. The molecule has 1 atom stereocenters. The van der Waals surface area contributed by atoms with E-state index in [-0.39, 0.29) is 0 Å². The molecule has 0 saturated carbocycles. The predicted molar refractivity (Wildman–Crippen MR) is 93.9 cm³/mol. The summed E-state index contributed by atoms with van der Waals surface area (Å²) >= 11 is 0. The molecule has 0 aromatic rings. The van der Waals surface area contributed by atoms with Crippen molar-refractivity contribution in [1.82, 2.24) is 14.7 Å². The standard InChI is InChI=1S/C16H29N5O3/c1-14(20-6-8-21(9-7-20)16(22)23-3)18-12-17-13-19(2)15-4-10-24-11-5-15/h12-13,15-16,22H,1,4-11H2,2-3H3/b17-13+,18-12-. The molecule has 0 aromatic carbocycles. The van der Waals surface area contributed by atoms with Gasteiger partial charge >= 0.3 is 0 Å². The third-order valence-electron chi connectivity index (χ3n) is 4.49. The van der Waals surface area contributed by atoms with Gasteiger partial charge in [0.1, 0.15) is 12.2 Å². The number of hydrogen-bond donors (Lipinski definition) is 1. The number of nitrogens with zero attached hydrogens (tertiary/aromatic N) is 5. The van der Waals surface area contributed by atoms with Gasteiger partial charge in [-0.15, -0.1) is 0 Å². The molecule has 24 heavy (non-hydrogen) atoms. The van der Waals surface area contributed by atoms with Crippen LogP contribution in [0.25, 0.3) is 0 Å². The van der Waals surface area contributed by atoms with E-state index in [9.17, 15) is 5.11 Å². The molecule has 2 heterocycles. The third kappa shape index (κ3) is 5.55. The topological polar surface area (TPSA) is 73.1 Å². The summed E-state index contributed by atoms with van der Waals surface area (Å²) in [4.78, 5) is 14.6. The zero-order chi connectivity index (χ0) is 17.4. The van der Waals surface area contributed by atoms with E-state index < -0.39 is 6.41 Å². The van der Waals surface area contributed by atoms with Crippen molar-refractivity contribution in [2.75, 3.05) is 53.6 Å². The highest BCUT2D eigenvalue weighted by Gasteiger charge is 2.22. The van der Waals surface area contributed by atoms with Crippen molar-refractivity contribution >= 4 is 12.7 Å². The monoisotopic (exact) mass is 339 g/mol. The van der Waals surface area contributed by atoms with Crippen LogP contribution in [0.4, 0.5) is 0 Å². The van der Waals surface area contributed by atoms with Gasteiger partial charge in [-0.05, 0) is 12.8 Å². The van der Waals surface area contributed by atoms with Crippen LogP contribution in [0.1, 0.15) is 12.8 Å². The van der Waals surface area contributed by atoms with Crippen LogP contribution in [0.3, 0.4) is 0 Å². The van der Waals surface area contributed by atoms with Crippen molar-refractivity contribution in [2.45, 2.75) is 25.3 Å². The van der Waals surface area contributed by atoms with Gasteiger partial charge in [0.25, 0.3) is 0 Å². The van der Waals surface area contributed by atoms with Crippen LogP contribution in [0, 0.1) is 0 Å². The van der Waals surface area contributed by atoms with E-state index in [1.807, 2.05) is 11.9 Å². The number of ether oxygens (including phenoxy) is 2. The molecule has 136 valence electrons. The molecule has 1 unspecified atom stereocenters. The second kappa shape index (κ2) is 9.73. The van der Waals surface area contributed by atoms with E-state index in [1.165, 1.54) is 13.4 Å². The van der Waals surface area contributed by atoms with Gasteiger partial charge in [0.05, 0.1) is 6.34 Å². The molecule has 8 heteroatoms. The van der Waals surface area contributed by atoms with E-state index in [0.717, 1.165) is 39.1 Å². The average Bonchev–Trinajstić information content (AvgIpc) is 2.65. The minimum Gasteiger partial charge on any atom is -0.381 e. The van der Waals surface area contributed by atoms with Gasteiger partial charge in [0, 0.05) is 59.6 Å². The van der Waals surface area contributed by atoms with Gasteiger partial charge in [-0.2, -0.15) is 0 Å². The number of rotatable bonds is 7. The SMILES string of the molecule is C=C(/N=C\N=C\N(C)C1CCOCC1)N1CCN(C(O)OC)CC1. The van der Waals surface area contributed by atoms with E-state index in [0.29, 0.717) is 25.0 Å². The summed E-state index contributed by atoms with van der Waals surface area (Å²) in [6.45, 7) is 8.54. The minimum atomic E-state index is -0.839. The Labute approximate surface area is 144 Å². The van der Waals surface area contributed by atoms with Crippen molar-refractivity contribution in [3.8, 4) is 0 Å². The molecule has 2 aliphatic rings. The lowest BCUT2D eigenvalue weighted by atomic mass is 10.1. The first-order valence-corrected chi connectivity index (χ1v) is 8.36. The maximum atomic E-state index is 9.64. The molecule has 2 aliphatic heterocycles. The molecule has 2 fully saturated rings. The lowest BCUT2D eigenvalue weighted by Crippen LogP contribution is -2.50. The van der Waals surface area contributed by atoms with Gasteiger partial charge in [-0.1, -0.05) is 6.58 Å². The summed E-state index contributed by atoms with van der Waals surface area (Å²) in [6, 6.07) is 0.486. The van der Waals surface area contributed by atoms with Crippen molar-refractivity contribution in [2.24, 2.45) is 9.98 Å². The molecule has 0 amide bonds. The summed E-state index contributed by atoms with van der Waals surface area (Å²) in [5.41, 5.74) is 0. The molecule has 2 saturated heterocycles. The normalized spacial score (nSPS) is 22.4. The molecular weight excluding hydrogens is 310 g/mol. The zero-order valence-corrected chi connectivity index (χ0v) is 14.7. The zero-order valence-electron chi connectivity index (χ0n) is 14.7. The second-order valence-corrected chi connectivity index (χ2v) is 6.02. The largest absolute Gasteiger partial charge is 0.381 e. The Kier molecular flexibility index (Phi) is 7.64. The van der Waals surface area contributed by atoms with Gasteiger partial charge in [-0.3, -0.25) is 4.90 Å². The molecule has 8 nitrogen and oxygen atoms in total. The average molecular weight is 339 g/mol. The number of aliphatic hydroxyl groups excluding tert-OH is 1. The molecule has 1 N–H and O–H groups in total. The van der Waals surface area contributed by atoms with Crippen LogP contribution in [0.15, 0.2) is 22.4 Å². The first-order chi connectivity index (χ1) is 11.6. The molecular formula is C16H29N5O3. The summed E-state index contributed by atoms with van der Waals surface area (Å²) < 4.78 is 10.3. The van der Waals surface area contributed by atoms with Crippen LogP contribution in [-0.2, 0) is 9.47 Å². The van der Waals surface area contributed by atoms with Gasteiger partial charge in [0.2, 0.25) is 6.41 Å².